The molecule has 0 aromatic heterocycles. The Morgan fingerprint density at radius 2 is 1.33 bits per heavy atom. The topological polar surface area (TPSA) is 190 Å². The molecule has 0 heterocycles. The normalized spacial score (nSPS) is 13.8. The minimum Gasteiger partial charge on any atom is -0.481 e. The number of carboxylic acid groups (broad SMARTS) is 3. The van der Waals surface area contributed by atoms with Gasteiger partial charge in [-0.05, 0) is 0 Å². The van der Waals surface area contributed by atoms with E-state index in [1.807, 2.05) is 0 Å². The molecule has 0 saturated heterocycles. The molecule has 18 heavy (non-hydrogen) atoms. The Morgan fingerprint density at radius 1 is 1.00 bits per heavy atom. The van der Waals surface area contributed by atoms with E-state index in [-0.39, 0.29) is 0 Å². The van der Waals surface area contributed by atoms with E-state index in [2.05, 4.69) is 0 Å². The van der Waals surface area contributed by atoms with Crippen molar-refractivity contribution in [2.45, 2.75) is 13.3 Å². The first kappa shape index (κ1) is 18.9. The number of aliphatic carboxylic acids is 3. The van der Waals surface area contributed by atoms with Gasteiger partial charge in [-0.2, -0.15) is 0 Å². The Balaban J connectivity index is 0. The third-order valence-corrected chi connectivity index (χ3v) is 1.70. The maximum Gasteiger partial charge on any atom is 0.466 e. The lowest BCUT2D eigenvalue weighted by Crippen LogP contribution is -2.29. The van der Waals surface area contributed by atoms with Gasteiger partial charge >= 0.3 is 25.7 Å². The summed E-state index contributed by atoms with van der Waals surface area (Å²) >= 11 is 0. The zero-order valence-corrected chi connectivity index (χ0v) is 10.0. The molecule has 6 N–H and O–H groups in total. The van der Waals surface area contributed by atoms with E-state index in [0.717, 1.165) is 0 Å². The second-order valence-corrected chi connectivity index (χ2v) is 4.21. The molecule has 0 aromatic rings. The first-order valence-corrected chi connectivity index (χ1v) is 5.88. The van der Waals surface area contributed by atoms with Crippen LogP contribution < -0.4 is 0 Å². The summed E-state index contributed by atoms with van der Waals surface area (Å²) in [6.07, 6.45) is -0.678. The lowest BCUT2D eigenvalue weighted by molar-refractivity contribution is -0.156. The second-order valence-electron chi connectivity index (χ2n) is 3.18. The Bertz CT molecular complexity index is 349. The van der Waals surface area contributed by atoms with Crippen molar-refractivity contribution in [3.8, 4) is 0 Å². The van der Waals surface area contributed by atoms with E-state index >= 15 is 0 Å². The Hall–Kier alpha value is -1.48. The van der Waals surface area contributed by atoms with E-state index in [9.17, 15) is 14.4 Å². The molecule has 0 aliphatic carbocycles. The average molecular weight is 288 g/mol. The smallest absolute Gasteiger partial charge is 0.466 e. The molecule has 10 nitrogen and oxygen atoms in total. The summed E-state index contributed by atoms with van der Waals surface area (Å²) in [4.78, 5) is 52.6. The second kappa shape index (κ2) is 7.77. The molecule has 0 aliphatic rings. The highest BCUT2D eigenvalue weighted by atomic mass is 31.2. The lowest BCUT2D eigenvalue weighted by Gasteiger charge is -2.13. The summed E-state index contributed by atoms with van der Waals surface area (Å²) < 4.78 is 8.88. The highest BCUT2D eigenvalue weighted by molar-refractivity contribution is 7.45. The van der Waals surface area contributed by atoms with Crippen molar-refractivity contribution in [2.24, 2.45) is 11.8 Å². The predicted molar refractivity (Wildman–Crippen MR) is 54.4 cm³/mol. The van der Waals surface area contributed by atoms with E-state index < -0.39 is 44.0 Å². The van der Waals surface area contributed by atoms with Crippen molar-refractivity contribution >= 4 is 25.7 Å². The summed E-state index contributed by atoms with van der Waals surface area (Å²) in [5.74, 6) is -6.62. The van der Waals surface area contributed by atoms with Crippen molar-refractivity contribution in [3.63, 3.8) is 0 Å². The van der Waals surface area contributed by atoms with Crippen LogP contribution in [-0.4, -0.2) is 47.9 Å². The van der Waals surface area contributed by atoms with Gasteiger partial charge < -0.3 is 30.0 Å². The maximum absolute atomic E-state index is 10.5. The fourth-order valence-electron chi connectivity index (χ4n) is 0.838. The van der Waals surface area contributed by atoms with Gasteiger partial charge in [-0.25, -0.2) is 4.57 Å². The molecular formula is C7H13O10P. The standard InChI is InChI=1S/C7H10O6.H3O4P/c1-3(6(10)11)4(7(12)13)2-5(8)9;1-5(2,3)4/h3-4H,2H2,1H3,(H,8,9)(H,10,11)(H,12,13);(H3,1,2,3,4). The molecule has 0 rings (SSSR count). The number of phosphoric acid groups is 1. The molecule has 11 heteroatoms. The fraction of sp³-hybridized carbons (Fsp3) is 0.571. The van der Waals surface area contributed by atoms with Crippen molar-refractivity contribution in [3.05, 3.63) is 0 Å². The highest BCUT2D eigenvalue weighted by Crippen LogP contribution is 2.25. The van der Waals surface area contributed by atoms with Crippen LogP contribution in [0.5, 0.6) is 0 Å². The first-order valence-electron chi connectivity index (χ1n) is 4.32. The summed E-state index contributed by atoms with van der Waals surface area (Å²) in [5, 5.41) is 25.3. The minimum atomic E-state index is -4.64. The molecule has 0 saturated carbocycles. The quantitative estimate of drug-likeness (QED) is 0.340. The monoisotopic (exact) mass is 288 g/mol. The molecule has 106 valence electrons. The third kappa shape index (κ3) is 12.6. The van der Waals surface area contributed by atoms with Crippen LogP contribution >= 0.6 is 7.82 Å². The molecule has 0 spiro atoms. The van der Waals surface area contributed by atoms with Crippen LogP contribution in [0.2, 0.25) is 0 Å². The van der Waals surface area contributed by atoms with E-state index in [4.69, 9.17) is 34.6 Å². The fourth-order valence-corrected chi connectivity index (χ4v) is 0.838. The minimum absolute atomic E-state index is 0.678. The van der Waals surface area contributed by atoms with Crippen molar-refractivity contribution in [1.29, 1.82) is 0 Å². The van der Waals surface area contributed by atoms with Crippen molar-refractivity contribution in [2.75, 3.05) is 0 Å². The Morgan fingerprint density at radius 3 is 1.50 bits per heavy atom. The number of carbonyl (C=O) groups is 3. The van der Waals surface area contributed by atoms with E-state index in [1.165, 1.54) is 6.92 Å². The van der Waals surface area contributed by atoms with E-state index in [0.29, 0.717) is 0 Å². The molecule has 2 atom stereocenters. The van der Waals surface area contributed by atoms with Gasteiger partial charge in [0.2, 0.25) is 0 Å². The maximum atomic E-state index is 10.5. The predicted octanol–water partition coefficient (Wildman–Crippen LogP) is -1.05. The Labute approximate surface area is 101 Å². The van der Waals surface area contributed by atoms with Crippen LogP contribution in [0.15, 0.2) is 0 Å². The number of rotatable bonds is 5. The molecule has 0 bridgehead atoms. The van der Waals surface area contributed by atoms with Crippen LogP contribution in [0.3, 0.4) is 0 Å². The average Bonchev–Trinajstić information content (AvgIpc) is 2.09. The molecule has 0 aliphatic heterocycles. The zero-order valence-electron chi connectivity index (χ0n) is 9.13. The first-order chi connectivity index (χ1) is 7.86. The Kier molecular flexibility index (Phi) is 8.15. The third-order valence-electron chi connectivity index (χ3n) is 1.70. The number of hydrogen-bond acceptors (Lipinski definition) is 4. The highest BCUT2D eigenvalue weighted by Gasteiger charge is 2.31. The van der Waals surface area contributed by atoms with Crippen LogP contribution in [0.4, 0.5) is 0 Å². The zero-order chi connectivity index (χ0) is 15.1. The molecule has 2 unspecified atom stereocenters. The number of carboxylic acids is 3. The van der Waals surface area contributed by atoms with Crippen molar-refractivity contribution in [1.82, 2.24) is 0 Å². The summed E-state index contributed by atoms with van der Waals surface area (Å²) in [6, 6.07) is 0. The molecule has 0 fully saturated rings. The molecule has 0 aromatic carbocycles. The van der Waals surface area contributed by atoms with Crippen LogP contribution in [-0.2, 0) is 18.9 Å². The van der Waals surface area contributed by atoms with Crippen LogP contribution in [0.1, 0.15) is 13.3 Å². The van der Waals surface area contributed by atoms with Gasteiger partial charge in [0, 0.05) is 0 Å². The molecule has 0 amide bonds. The van der Waals surface area contributed by atoms with Gasteiger partial charge in [0.25, 0.3) is 0 Å². The van der Waals surface area contributed by atoms with Gasteiger partial charge in [0.05, 0.1) is 18.3 Å². The van der Waals surface area contributed by atoms with Gasteiger partial charge in [0.1, 0.15) is 0 Å². The largest absolute Gasteiger partial charge is 0.481 e. The van der Waals surface area contributed by atoms with Crippen LogP contribution in [0, 0.1) is 11.8 Å². The van der Waals surface area contributed by atoms with Gasteiger partial charge in [-0.1, -0.05) is 6.92 Å². The molecule has 0 radical (unpaired) electrons. The van der Waals surface area contributed by atoms with Gasteiger partial charge in [0.15, 0.2) is 0 Å². The van der Waals surface area contributed by atoms with Crippen molar-refractivity contribution < 1.29 is 48.9 Å². The SMILES string of the molecule is CC(C(=O)O)C(CC(=O)O)C(=O)O.O=P(O)(O)O. The summed E-state index contributed by atoms with van der Waals surface area (Å²) in [5.41, 5.74) is 0. The van der Waals surface area contributed by atoms with E-state index in [1.54, 1.807) is 0 Å². The summed E-state index contributed by atoms with van der Waals surface area (Å²) in [7, 11) is -4.64. The van der Waals surface area contributed by atoms with Crippen LogP contribution in [0.25, 0.3) is 0 Å². The molecular weight excluding hydrogens is 275 g/mol. The summed E-state index contributed by atoms with van der Waals surface area (Å²) in [6.45, 7) is 1.17. The lowest BCUT2D eigenvalue weighted by atomic mass is 9.91. The van der Waals surface area contributed by atoms with Gasteiger partial charge in [-0.15, -0.1) is 0 Å². The number of hydrogen-bond donors (Lipinski definition) is 6. The van der Waals surface area contributed by atoms with Gasteiger partial charge in [-0.3, -0.25) is 14.4 Å².